The summed E-state index contributed by atoms with van der Waals surface area (Å²) in [6, 6.07) is 22.8. The maximum atomic E-state index is 13.7. The molecule has 3 aromatic carbocycles. The predicted molar refractivity (Wildman–Crippen MR) is 143 cm³/mol. The molecular formula is C28H31N3O3S. The number of thiazole rings is 1. The SMILES string of the molecule is CCOc1cccc2sc(N(CCN(CC)CC)C(=O)c3ccc(Oc4ccccc4)cc3)nc12. The molecule has 4 rings (SSSR count). The molecule has 0 fully saturated rings. The van der Waals surface area contributed by atoms with Crippen LogP contribution < -0.4 is 14.4 Å². The lowest BCUT2D eigenvalue weighted by molar-refractivity contribution is 0.0983. The number of amides is 1. The van der Waals surface area contributed by atoms with Gasteiger partial charge in [-0.05, 0) is 68.5 Å². The second-order valence-corrected chi connectivity index (χ2v) is 8.96. The number of hydrogen-bond acceptors (Lipinski definition) is 6. The lowest BCUT2D eigenvalue weighted by Gasteiger charge is -2.24. The number of carbonyl (C=O) groups excluding carboxylic acids is 1. The molecule has 1 amide bonds. The average Bonchev–Trinajstić information content (AvgIpc) is 3.33. The Labute approximate surface area is 210 Å². The van der Waals surface area contributed by atoms with Gasteiger partial charge in [-0.2, -0.15) is 0 Å². The Hall–Kier alpha value is -3.42. The summed E-state index contributed by atoms with van der Waals surface area (Å²) < 4.78 is 12.7. The second-order valence-electron chi connectivity index (χ2n) is 7.96. The first-order chi connectivity index (χ1) is 17.1. The number of nitrogens with zero attached hydrogens (tertiary/aromatic N) is 3. The summed E-state index contributed by atoms with van der Waals surface area (Å²) in [4.78, 5) is 22.6. The Morgan fingerprint density at radius 3 is 2.26 bits per heavy atom. The smallest absolute Gasteiger partial charge is 0.260 e. The van der Waals surface area contributed by atoms with Crippen LogP contribution in [0.1, 0.15) is 31.1 Å². The Balaban J connectivity index is 1.61. The van der Waals surface area contributed by atoms with Crippen LogP contribution in [0, 0.1) is 0 Å². The fourth-order valence-electron chi connectivity index (χ4n) is 3.81. The van der Waals surface area contributed by atoms with E-state index >= 15 is 0 Å². The monoisotopic (exact) mass is 489 g/mol. The van der Waals surface area contributed by atoms with Crippen LogP contribution >= 0.6 is 11.3 Å². The number of aromatic nitrogens is 1. The number of fused-ring (bicyclic) bond motifs is 1. The van der Waals surface area contributed by atoms with Gasteiger partial charge in [0.2, 0.25) is 0 Å². The van der Waals surface area contributed by atoms with E-state index < -0.39 is 0 Å². The van der Waals surface area contributed by atoms with Gasteiger partial charge >= 0.3 is 0 Å². The van der Waals surface area contributed by atoms with Gasteiger partial charge in [0.15, 0.2) is 5.13 Å². The van der Waals surface area contributed by atoms with Crippen molar-refractivity contribution in [2.24, 2.45) is 0 Å². The Morgan fingerprint density at radius 1 is 0.857 bits per heavy atom. The number of para-hydroxylation sites is 2. The van der Waals surface area contributed by atoms with Gasteiger partial charge in [-0.25, -0.2) is 4.98 Å². The number of carbonyl (C=O) groups is 1. The summed E-state index contributed by atoms with van der Waals surface area (Å²) >= 11 is 1.51. The Bertz CT molecular complexity index is 1240. The third-order valence-corrected chi connectivity index (χ3v) is 6.80. The molecule has 0 unspecified atom stereocenters. The maximum Gasteiger partial charge on any atom is 0.260 e. The van der Waals surface area contributed by atoms with Crippen molar-refractivity contribution in [1.82, 2.24) is 9.88 Å². The van der Waals surface area contributed by atoms with Crippen molar-refractivity contribution in [3.63, 3.8) is 0 Å². The number of ether oxygens (including phenoxy) is 2. The molecule has 0 radical (unpaired) electrons. The van der Waals surface area contributed by atoms with Gasteiger partial charge in [0, 0.05) is 18.7 Å². The molecule has 0 atom stereocenters. The Morgan fingerprint density at radius 2 is 1.57 bits per heavy atom. The molecular weight excluding hydrogens is 458 g/mol. The zero-order chi connectivity index (χ0) is 24.6. The summed E-state index contributed by atoms with van der Waals surface area (Å²) in [7, 11) is 0. The summed E-state index contributed by atoms with van der Waals surface area (Å²) in [5, 5.41) is 0.675. The van der Waals surface area contributed by atoms with Gasteiger partial charge in [0.1, 0.15) is 22.8 Å². The van der Waals surface area contributed by atoms with Crippen LogP contribution in [0.3, 0.4) is 0 Å². The van der Waals surface area contributed by atoms with Crippen molar-refractivity contribution in [3.8, 4) is 17.2 Å². The number of anilines is 1. The van der Waals surface area contributed by atoms with Crippen LogP contribution in [0.4, 0.5) is 5.13 Å². The fraction of sp³-hybridized carbons (Fsp3) is 0.286. The van der Waals surface area contributed by atoms with E-state index in [0.717, 1.165) is 41.3 Å². The van der Waals surface area contributed by atoms with Crippen LogP contribution in [-0.2, 0) is 0 Å². The van der Waals surface area contributed by atoms with E-state index in [9.17, 15) is 4.79 Å². The molecule has 1 heterocycles. The van der Waals surface area contributed by atoms with E-state index in [1.807, 2.05) is 79.7 Å². The molecule has 4 aromatic rings. The minimum atomic E-state index is -0.0829. The molecule has 0 bridgehead atoms. The van der Waals surface area contributed by atoms with Crippen molar-refractivity contribution in [3.05, 3.63) is 78.4 Å². The van der Waals surface area contributed by atoms with Crippen molar-refractivity contribution in [1.29, 1.82) is 0 Å². The molecule has 1 aromatic heterocycles. The lowest BCUT2D eigenvalue weighted by atomic mass is 10.2. The number of likely N-dealkylation sites (N-methyl/N-ethyl adjacent to an activating group) is 1. The van der Waals surface area contributed by atoms with Gasteiger partial charge in [-0.3, -0.25) is 9.69 Å². The van der Waals surface area contributed by atoms with Gasteiger partial charge in [0.05, 0.1) is 11.3 Å². The molecule has 0 aliphatic carbocycles. The summed E-state index contributed by atoms with van der Waals surface area (Å²) in [6.45, 7) is 9.96. The summed E-state index contributed by atoms with van der Waals surface area (Å²) in [5.41, 5.74) is 1.39. The van der Waals surface area contributed by atoms with Crippen LogP contribution in [0.5, 0.6) is 17.2 Å². The highest BCUT2D eigenvalue weighted by molar-refractivity contribution is 7.22. The van der Waals surface area contributed by atoms with E-state index in [-0.39, 0.29) is 5.91 Å². The number of hydrogen-bond donors (Lipinski definition) is 0. The van der Waals surface area contributed by atoms with E-state index in [1.54, 1.807) is 4.90 Å². The largest absolute Gasteiger partial charge is 0.492 e. The third-order valence-electron chi connectivity index (χ3n) is 5.76. The molecule has 0 saturated carbocycles. The van der Waals surface area contributed by atoms with E-state index in [2.05, 4.69) is 18.7 Å². The van der Waals surface area contributed by atoms with Crippen LogP contribution in [-0.4, -0.2) is 48.6 Å². The number of rotatable bonds is 11. The van der Waals surface area contributed by atoms with Crippen molar-refractivity contribution in [2.75, 3.05) is 37.7 Å². The van der Waals surface area contributed by atoms with Crippen molar-refractivity contribution >= 4 is 32.6 Å². The van der Waals surface area contributed by atoms with Crippen molar-refractivity contribution < 1.29 is 14.3 Å². The normalized spacial score (nSPS) is 11.1. The molecule has 182 valence electrons. The van der Waals surface area contributed by atoms with Gasteiger partial charge in [-0.15, -0.1) is 0 Å². The topological polar surface area (TPSA) is 54.9 Å². The average molecular weight is 490 g/mol. The number of benzene rings is 3. The van der Waals surface area contributed by atoms with Crippen LogP contribution in [0.25, 0.3) is 10.2 Å². The van der Waals surface area contributed by atoms with Crippen LogP contribution in [0.2, 0.25) is 0 Å². The molecule has 0 saturated heterocycles. The fourth-order valence-corrected chi connectivity index (χ4v) is 4.82. The summed E-state index contributed by atoms with van der Waals surface area (Å²) in [5.74, 6) is 2.10. The molecule has 0 N–H and O–H groups in total. The van der Waals surface area contributed by atoms with E-state index in [4.69, 9.17) is 14.5 Å². The molecule has 6 nitrogen and oxygen atoms in total. The van der Waals surface area contributed by atoms with Gasteiger partial charge < -0.3 is 14.4 Å². The second kappa shape index (κ2) is 11.8. The molecule has 0 aliphatic heterocycles. The highest BCUT2D eigenvalue weighted by Crippen LogP contribution is 2.35. The van der Waals surface area contributed by atoms with Gasteiger partial charge in [0.25, 0.3) is 5.91 Å². The first kappa shape index (κ1) is 24.7. The predicted octanol–water partition coefficient (Wildman–Crippen LogP) is 6.48. The molecule has 35 heavy (non-hydrogen) atoms. The van der Waals surface area contributed by atoms with Crippen LogP contribution in [0.15, 0.2) is 72.8 Å². The van der Waals surface area contributed by atoms with E-state index in [0.29, 0.717) is 29.6 Å². The molecule has 0 aliphatic rings. The first-order valence-corrected chi connectivity index (χ1v) is 12.8. The Kier molecular flexibility index (Phi) is 8.34. The zero-order valence-electron chi connectivity index (χ0n) is 20.4. The highest BCUT2D eigenvalue weighted by atomic mass is 32.1. The highest BCUT2D eigenvalue weighted by Gasteiger charge is 2.23. The summed E-state index contributed by atoms with van der Waals surface area (Å²) in [6.07, 6.45) is 0. The third kappa shape index (κ3) is 5.99. The quantitative estimate of drug-likeness (QED) is 0.241. The zero-order valence-corrected chi connectivity index (χ0v) is 21.3. The lowest BCUT2D eigenvalue weighted by Crippen LogP contribution is -2.38. The first-order valence-electron chi connectivity index (χ1n) is 12.0. The molecule has 0 spiro atoms. The molecule has 7 heteroatoms. The van der Waals surface area contributed by atoms with E-state index in [1.165, 1.54) is 11.3 Å². The van der Waals surface area contributed by atoms with Crippen molar-refractivity contribution in [2.45, 2.75) is 20.8 Å². The standard InChI is InChI=1S/C28H31N3O3S/c1-4-30(5-2)19-20-31(28-29-26-24(33-6-3)13-10-14-25(26)35-28)27(32)21-15-17-23(18-16-21)34-22-11-8-7-9-12-22/h7-18H,4-6,19-20H2,1-3H3. The maximum absolute atomic E-state index is 13.7. The van der Waals surface area contributed by atoms with Gasteiger partial charge in [-0.1, -0.05) is 49.4 Å². The minimum Gasteiger partial charge on any atom is -0.492 e. The minimum absolute atomic E-state index is 0.0829.